The van der Waals surface area contributed by atoms with E-state index in [9.17, 15) is 9.59 Å². The second-order valence-corrected chi connectivity index (χ2v) is 11.5. The number of carboxylic acid groups (broad SMARTS) is 2. The minimum absolute atomic E-state index is 0. The van der Waals surface area contributed by atoms with Crippen molar-refractivity contribution >= 4 is 49.7 Å². The molecule has 0 bridgehead atoms. The van der Waals surface area contributed by atoms with Gasteiger partial charge < -0.3 is 10.2 Å². The predicted octanol–water partition coefficient (Wildman–Crippen LogP) is 11.5. The molecule has 0 fully saturated rings. The van der Waals surface area contributed by atoms with Crippen molar-refractivity contribution in [2.75, 3.05) is 0 Å². The Kier molecular flexibility index (Phi) is 45.2. The molecule has 0 aliphatic carbocycles. The first kappa shape index (κ1) is 43.7. The molecule has 4 nitrogen and oxygen atoms in total. The molecule has 0 rings (SSSR count). The Morgan fingerprint density at radius 3 is 0.641 bits per heavy atom. The summed E-state index contributed by atoms with van der Waals surface area (Å²) in [5.74, 6) is -1.31. The van der Waals surface area contributed by atoms with Gasteiger partial charge in [-0.15, -0.1) is 0 Å². The molecule has 230 valence electrons. The van der Waals surface area contributed by atoms with Crippen LogP contribution in [0, 0.1) is 0 Å². The summed E-state index contributed by atoms with van der Waals surface area (Å²) in [4.78, 5) is 20.6. The zero-order chi connectivity index (χ0) is 28.4. The summed E-state index contributed by atoms with van der Waals surface area (Å²) in [6, 6.07) is 0. The van der Waals surface area contributed by atoms with Gasteiger partial charge in [-0.2, -0.15) is 0 Å². The average Bonchev–Trinajstić information content (AvgIpc) is 2.89. The van der Waals surface area contributed by atoms with Crippen molar-refractivity contribution in [3.63, 3.8) is 0 Å². The second-order valence-electron chi connectivity index (χ2n) is 11.5. The Bertz CT molecular complexity index is 428. The van der Waals surface area contributed by atoms with E-state index in [0.717, 1.165) is 25.7 Å². The van der Waals surface area contributed by atoms with Crippen LogP contribution in [0.1, 0.15) is 206 Å². The van der Waals surface area contributed by atoms with Crippen molar-refractivity contribution in [2.24, 2.45) is 0 Å². The van der Waals surface area contributed by atoms with Crippen LogP contribution in [0.25, 0.3) is 0 Å². The summed E-state index contributed by atoms with van der Waals surface area (Å²) in [5.41, 5.74) is 0. The monoisotopic (exact) mass is 580 g/mol. The first-order chi connectivity index (χ1) is 18.5. The van der Waals surface area contributed by atoms with Gasteiger partial charge in [0, 0.05) is 50.6 Å². The van der Waals surface area contributed by atoms with Crippen molar-refractivity contribution in [3.8, 4) is 0 Å². The van der Waals surface area contributed by atoms with Gasteiger partial charge in [0.2, 0.25) is 0 Å². The molecule has 0 aromatic rings. The maximum absolute atomic E-state index is 10.3. The molecule has 39 heavy (non-hydrogen) atoms. The van der Waals surface area contributed by atoms with Gasteiger partial charge in [-0.3, -0.25) is 9.59 Å². The Morgan fingerprint density at radius 2 is 0.487 bits per heavy atom. The van der Waals surface area contributed by atoms with E-state index < -0.39 is 11.9 Å². The molecule has 0 aliphatic rings. The first-order valence-corrected chi connectivity index (χ1v) is 17.0. The van der Waals surface area contributed by atoms with Gasteiger partial charge in [0.1, 0.15) is 0 Å². The summed E-state index contributed by atoms with van der Waals surface area (Å²) in [5, 5.41) is 17.0. The largest absolute Gasteiger partial charge is 0.481 e. The van der Waals surface area contributed by atoms with Crippen LogP contribution in [0.15, 0.2) is 0 Å². The van der Waals surface area contributed by atoms with E-state index in [-0.39, 0.29) is 37.7 Å². The summed E-state index contributed by atoms with van der Waals surface area (Å²) in [7, 11) is 0. The van der Waals surface area contributed by atoms with Crippen LogP contribution in [0.3, 0.4) is 0 Å². The molecular weight excluding hydrogens is 512 g/mol. The molecule has 0 saturated carbocycles. The van der Waals surface area contributed by atoms with E-state index >= 15 is 0 Å². The maximum atomic E-state index is 10.3. The Labute approximate surface area is 274 Å². The van der Waals surface area contributed by atoms with Crippen molar-refractivity contribution in [1.29, 1.82) is 0 Å². The van der Waals surface area contributed by atoms with E-state index in [1.54, 1.807) is 0 Å². The Morgan fingerprint density at radius 1 is 0.333 bits per heavy atom. The number of carbonyl (C=O) groups is 2. The van der Waals surface area contributed by atoms with Crippen LogP contribution in [0.2, 0.25) is 0 Å². The van der Waals surface area contributed by atoms with Crippen LogP contribution >= 0.6 is 0 Å². The van der Waals surface area contributed by atoms with Crippen LogP contribution < -0.4 is 0 Å². The summed E-state index contributed by atoms with van der Waals surface area (Å²) >= 11 is 0. The van der Waals surface area contributed by atoms with Gasteiger partial charge in [0.25, 0.3) is 0 Å². The van der Waals surface area contributed by atoms with E-state index in [0.29, 0.717) is 12.8 Å². The minimum atomic E-state index is -0.654. The molecule has 0 saturated heterocycles. The normalized spacial score (nSPS) is 10.5. The maximum Gasteiger partial charge on any atom is 0.303 e. The van der Waals surface area contributed by atoms with Gasteiger partial charge in [-0.05, 0) is 12.8 Å². The first-order valence-electron chi connectivity index (χ1n) is 17.0. The molecule has 0 unspecified atom stereocenters. The van der Waals surface area contributed by atoms with Crippen LogP contribution in [0.4, 0.5) is 0 Å². The number of aliphatic carboxylic acids is 2. The summed E-state index contributed by atoms with van der Waals surface area (Å²) in [6.07, 6.45) is 37.5. The van der Waals surface area contributed by atoms with Crippen LogP contribution in [-0.4, -0.2) is 59.9 Å². The van der Waals surface area contributed by atoms with E-state index in [4.69, 9.17) is 10.2 Å². The van der Waals surface area contributed by atoms with Gasteiger partial charge >= 0.3 is 11.9 Å². The van der Waals surface area contributed by atoms with Crippen LogP contribution in [-0.2, 0) is 9.59 Å². The van der Waals surface area contributed by atoms with Crippen LogP contribution in [0.5, 0.6) is 0 Å². The average molecular weight is 581 g/mol. The number of hydrogen-bond donors (Lipinski definition) is 2. The summed E-state index contributed by atoms with van der Waals surface area (Å²) < 4.78 is 0. The molecule has 0 aromatic heterocycles. The predicted molar refractivity (Wildman–Crippen MR) is 171 cm³/mol. The number of carboxylic acids is 2. The molecule has 0 spiro atoms. The van der Waals surface area contributed by atoms with Gasteiger partial charge in [0.05, 0.1) is 0 Å². The molecule has 0 aromatic carbocycles. The number of hydrogen-bond acceptors (Lipinski definition) is 2. The fraction of sp³-hybridized carbons (Fsp3) is 0.941. The molecule has 0 atom stereocenters. The van der Waals surface area contributed by atoms with Gasteiger partial charge in [-0.25, -0.2) is 0 Å². The fourth-order valence-corrected chi connectivity index (χ4v) is 4.94. The standard InChI is InChI=1S/2C17H34O2.Ca/c2*1-2-3-4-5-6-7-8-9-10-11-12-13-14-15-16-17(18)19;/h2*2-16H2,1H3,(H,18,19);. The zero-order valence-electron chi connectivity index (χ0n) is 26.6. The minimum Gasteiger partial charge on any atom is -0.481 e. The fourth-order valence-electron chi connectivity index (χ4n) is 4.94. The Hall–Kier alpha value is 0.200. The summed E-state index contributed by atoms with van der Waals surface area (Å²) in [6.45, 7) is 4.53. The third-order valence-corrected chi connectivity index (χ3v) is 7.49. The van der Waals surface area contributed by atoms with Gasteiger partial charge in [-0.1, -0.05) is 181 Å². The van der Waals surface area contributed by atoms with Gasteiger partial charge in [0.15, 0.2) is 0 Å². The molecule has 0 amide bonds. The second kappa shape index (κ2) is 40.3. The Balaban J connectivity index is -0.000000648. The molecule has 5 heteroatoms. The SMILES string of the molecule is CCCCCCCCCCCCCCCCC(=O)O.CCCCCCCCCCCCCCCCC(=O)O.[Ca]. The topological polar surface area (TPSA) is 74.6 Å². The quantitative estimate of drug-likeness (QED) is 0.0654. The van der Waals surface area contributed by atoms with E-state index in [1.807, 2.05) is 0 Å². The van der Waals surface area contributed by atoms with E-state index in [1.165, 1.54) is 154 Å². The molecular formula is C34H68CaO4. The number of rotatable bonds is 30. The molecule has 2 radical (unpaired) electrons. The zero-order valence-corrected chi connectivity index (χ0v) is 28.8. The van der Waals surface area contributed by atoms with Crippen molar-refractivity contribution in [3.05, 3.63) is 0 Å². The molecule has 2 N–H and O–H groups in total. The number of unbranched alkanes of at least 4 members (excludes halogenated alkanes) is 26. The molecule has 0 aliphatic heterocycles. The van der Waals surface area contributed by atoms with Crippen molar-refractivity contribution < 1.29 is 19.8 Å². The van der Waals surface area contributed by atoms with Crippen molar-refractivity contribution in [1.82, 2.24) is 0 Å². The third-order valence-electron chi connectivity index (χ3n) is 7.49. The smallest absolute Gasteiger partial charge is 0.303 e. The molecule has 0 heterocycles. The van der Waals surface area contributed by atoms with E-state index in [2.05, 4.69) is 13.8 Å². The van der Waals surface area contributed by atoms with Crippen molar-refractivity contribution in [2.45, 2.75) is 206 Å². The third kappa shape index (κ3) is 48.3.